The normalized spacial score (nSPS) is 15.6. The predicted octanol–water partition coefficient (Wildman–Crippen LogP) is 6.20. The predicted molar refractivity (Wildman–Crippen MR) is 122 cm³/mol. The maximum Gasteiger partial charge on any atom is 0.318 e. The van der Waals surface area contributed by atoms with Gasteiger partial charge in [-0.1, -0.05) is 18.1 Å². The second-order valence-corrected chi connectivity index (χ2v) is 8.10. The van der Waals surface area contributed by atoms with Crippen LogP contribution < -0.4 is 10.2 Å². The minimum absolute atomic E-state index is 0.00219. The molecule has 1 N–H and O–H groups in total. The lowest BCUT2D eigenvalue weighted by Crippen LogP contribution is -2.22. The number of halogens is 3. The summed E-state index contributed by atoms with van der Waals surface area (Å²) in [5.74, 6) is -2.80. The summed E-state index contributed by atoms with van der Waals surface area (Å²) in [5, 5.41) is 10.9. The van der Waals surface area contributed by atoms with Crippen LogP contribution in [0.2, 0.25) is 0 Å². The summed E-state index contributed by atoms with van der Waals surface area (Å²) in [7, 11) is 0. The Hall–Kier alpha value is -3.88. The number of pyridine rings is 1. The first-order valence-electron chi connectivity index (χ1n) is 11.1. The van der Waals surface area contributed by atoms with Crippen LogP contribution in [0, 0.1) is 17.5 Å². The van der Waals surface area contributed by atoms with E-state index in [0.717, 1.165) is 30.0 Å². The van der Waals surface area contributed by atoms with Gasteiger partial charge in [0.25, 0.3) is 5.89 Å². The van der Waals surface area contributed by atoms with E-state index in [2.05, 4.69) is 20.5 Å². The van der Waals surface area contributed by atoms with Crippen LogP contribution in [0.5, 0.6) is 0 Å². The van der Waals surface area contributed by atoms with Crippen LogP contribution >= 0.6 is 0 Å². The van der Waals surface area contributed by atoms with Gasteiger partial charge in [0.15, 0.2) is 11.6 Å². The first-order valence-corrected chi connectivity index (χ1v) is 11.1. The van der Waals surface area contributed by atoms with Gasteiger partial charge in [0.05, 0.1) is 23.0 Å². The highest BCUT2D eigenvalue weighted by Gasteiger charge is 2.30. The molecule has 1 unspecified atom stereocenters. The number of anilines is 3. The molecule has 0 aliphatic carbocycles. The summed E-state index contributed by atoms with van der Waals surface area (Å²) in [6, 6.07) is 11.1. The van der Waals surface area contributed by atoms with Crippen LogP contribution in [-0.2, 0) is 6.42 Å². The number of benzene rings is 2. The second kappa shape index (κ2) is 9.17. The Morgan fingerprint density at radius 1 is 1.03 bits per heavy atom. The largest absolute Gasteiger partial charge is 0.403 e. The Labute approximate surface area is 194 Å². The number of rotatable bonds is 6. The standard InChI is InChI=1S/C25H22F3N5O/c1-2-15-5-8-20(19(27)14-15)30-23-17(6-7-18(26)22(23)28)24-31-32-25(34-24)33-13-3-4-21(33)16-9-11-29-12-10-16/h5-12,14,21,30H,2-4,13H2,1H3. The molecule has 0 spiro atoms. The molecule has 1 fully saturated rings. The summed E-state index contributed by atoms with van der Waals surface area (Å²) in [6.45, 7) is 2.62. The lowest BCUT2D eigenvalue weighted by molar-refractivity contribution is 0.509. The van der Waals surface area contributed by atoms with E-state index in [4.69, 9.17) is 4.42 Å². The third kappa shape index (κ3) is 4.09. The smallest absolute Gasteiger partial charge is 0.318 e. The highest BCUT2D eigenvalue weighted by atomic mass is 19.2. The fraction of sp³-hybridized carbons (Fsp3) is 0.240. The van der Waals surface area contributed by atoms with Crippen molar-refractivity contribution >= 4 is 17.4 Å². The van der Waals surface area contributed by atoms with Crippen LogP contribution in [0.15, 0.2) is 59.3 Å². The molecule has 1 saturated heterocycles. The van der Waals surface area contributed by atoms with E-state index in [9.17, 15) is 13.2 Å². The fourth-order valence-electron chi connectivity index (χ4n) is 4.23. The average molecular weight is 465 g/mol. The summed E-state index contributed by atoms with van der Waals surface area (Å²) >= 11 is 0. The Kier molecular flexibility index (Phi) is 5.91. The molecule has 1 aliphatic rings. The van der Waals surface area contributed by atoms with E-state index in [-0.39, 0.29) is 34.9 Å². The highest BCUT2D eigenvalue weighted by Crippen LogP contribution is 2.39. The van der Waals surface area contributed by atoms with Crippen molar-refractivity contribution in [3.8, 4) is 11.5 Å². The molecule has 2 aromatic heterocycles. The average Bonchev–Trinajstić information content (AvgIpc) is 3.53. The van der Waals surface area contributed by atoms with Gasteiger partial charge in [-0.05, 0) is 66.8 Å². The molecular weight excluding hydrogens is 443 g/mol. The molecule has 0 bridgehead atoms. The number of hydrogen-bond acceptors (Lipinski definition) is 6. The van der Waals surface area contributed by atoms with Crippen molar-refractivity contribution in [2.45, 2.75) is 32.2 Å². The third-order valence-electron chi connectivity index (χ3n) is 6.03. The maximum absolute atomic E-state index is 14.8. The van der Waals surface area contributed by atoms with E-state index >= 15 is 0 Å². The molecule has 1 atom stereocenters. The second-order valence-electron chi connectivity index (χ2n) is 8.10. The molecule has 0 saturated carbocycles. The Morgan fingerprint density at radius 3 is 2.62 bits per heavy atom. The summed E-state index contributed by atoms with van der Waals surface area (Å²) in [5.41, 5.74) is 1.74. The molecule has 174 valence electrons. The van der Waals surface area contributed by atoms with Crippen molar-refractivity contribution in [1.82, 2.24) is 15.2 Å². The molecule has 34 heavy (non-hydrogen) atoms. The fourth-order valence-corrected chi connectivity index (χ4v) is 4.23. The number of aryl methyl sites for hydroxylation is 1. The van der Waals surface area contributed by atoms with Crippen LogP contribution in [0.1, 0.15) is 36.9 Å². The minimum atomic E-state index is -1.16. The first kappa shape index (κ1) is 21.9. The van der Waals surface area contributed by atoms with Crippen molar-refractivity contribution in [1.29, 1.82) is 0 Å². The van der Waals surface area contributed by atoms with Gasteiger partial charge in [0, 0.05) is 18.9 Å². The van der Waals surface area contributed by atoms with Crippen molar-refractivity contribution in [3.63, 3.8) is 0 Å². The van der Waals surface area contributed by atoms with Gasteiger partial charge in [0.1, 0.15) is 5.82 Å². The van der Waals surface area contributed by atoms with Gasteiger partial charge in [-0.3, -0.25) is 4.98 Å². The van der Waals surface area contributed by atoms with Crippen LogP contribution in [0.4, 0.5) is 30.6 Å². The number of nitrogens with zero attached hydrogens (tertiary/aromatic N) is 4. The van der Waals surface area contributed by atoms with E-state index in [1.54, 1.807) is 18.5 Å². The van der Waals surface area contributed by atoms with Crippen molar-refractivity contribution in [2.24, 2.45) is 0 Å². The summed E-state index contributed by atoms with van der Waals surface area (Å²) in [6.07, 6.45) is 5.97. The quantitative estimate of drug-likeness (QED) is 0.366. The number of nitrogens with one attached hydrogen (secondary N) is 1. The molecule has 4 aromatic rings. The number of hydrogen-bond donors (Lipinski definition) is 1. The van der Waals surface area contributed by atoms with Crippen LogP contribution in [0.25, 0.3) is 11.5 Å². The van der Waals surface area contributed by atoms with Gasteiger partial charge in [-0.2, -0.15) is 0 Å². The molecule has 2 aromatic carbocycles. The molecule has 9 heteroatoms. The zero-order chi connectivity index (χ0) is 23.7. The molecule has 0 amide bonds. The molecule has 1 aliphatic heterocycles. The van der Waals surface area contributed by atoms with Gasteiger partial charge >= 0.3 is 6.01 Å². The Morgan fingerprint density at radius 2 is 1.85 bits per heavy atom. The number of aromatic nitrogens is 3. The first-order chi connectivity index (χ1) is 16.5. The van der Waals surface area contributed by atoms with Crippen molar-refractivity contribution in [2.75, 3.05) is 16.8 Å². The SMILES string of the molecule is CCc1ccc(Nc2c(-c3nnc(N4CCCC4c4ccncc4)o3)ccc(F)c2F)c(F)c1. The van der Waals surface area contributed by atoms with E-state index in [1.807, 2.05) is 24.0 Å². The zero-order valence-electron chi connectivity index (χ0n) is 18.4. The monoisotopic (exact) mass is 465 g/mol. The van der Waals surface area contributed by atoms with Crippen molar-refractivity contribution < 1.29 is 17.6 Å². The highest BCUT2D eigenvalue weighted by molar-refractivity contribution is 5.78. The van der Waals surface area contributed by atoms with E-state index in [1.165, 1.54) is 18.2 Å². The van der Waals surface area contributed by atoms with E-state index in [0.29, 0.717) is 13.0 Å². The lowest BCUT2D eigenvalue weighted by Gasteiger charge is -2.22. The van der Waals surface area contributed by atoms with E-state index < -0.39 is 17.5 Å². The Balaban J connectivity index is 1.49. The topological polar surface area (TPSA) is 67.1 Å². The summed E-state index contributed by atoms with van der Waals surface area (Å²) in [4.78, 5) is 6.05. The zero-order valence-corrected chi connectivity index (χ0v) is 18.4. The van der Waals surface area contributed by atoms with Gasteiger partial charge < -0.3 is 14.6 Å². The molecular formula is C25H22F3N5O. The summed E-state index contributed by atoms with van der Waals surface area (Å²) < 4.78 is 49.4. The van der Waals surface area contributed by atoms with Crippen LogP contribution in [0.3, 0.4) is 0 Å². The molecule has 5 rings (SSSR count). The molecule has 3 heterocycles. The van der Waals surface area contributed by atoms with Gasteiger partial charge in [-0.15, -0.1) is 5.10 Å². The van der Waals surface area contributed by atoms with Gasteiger partial charge in [-0.25, -0.2) is 13.2 Å². The Bertz CT molecular complexity index is 1310. The maximum atomic E-state index is 14.8. The van der Waals surface area contributed by atoms with Crippen molar-refractivity contribution in [3.05, 3.63) is 83.4 Å². The molecule has 6 nitrogen and oxygen atoms in total. The molecule has 0 radical (unpaired) electrons. The van der Waals surface area contributed by atoms with Gasteiger partial charge in [0.2, 0.25) is 0 Å². The minimum Gasteiger partial charge on any atom is -0.403 e. The lowest BCUT2D eigenvalue weighted by atomic mass is 10.1. The third-order valence-corrected chi connectivity index (χ3v) is 6.03. The van der Waals surface area contributed by atoms with Crippen LogP contribution in [-0.4, -0.2) is 21.7 Å².